The van der Waals surface area contributed by atoms with Gasteiger partial charge in [-0.3, -0.25) is 14.9 Å². The average molecular weight is 424 g/mol. The van der Waals surface area contributed by atoms with Gasteiger partial charge in [-0.2, -0.15) is 0 Å². The van der Waals surface area contributed by atoms with Crippen LogP contribution in [-0.2, 0) is 10.7 Å². The maximum Gasteiger partial charge on any atom is 0.270 e. The van der Waals surface area contributed by atoms with Crippen molar-refractivity contribution in [3.05, 3.63) is 61.1 Å². The van der Waals surface area contributed by atoms with Gasteiger partial charge in [0.2, 0.25) is 0 Å². The zero-order valence-corrected chi connectivity index (χ0v) is 15.3. The third-order valence-corrected chi connectivity index (χ3v) is 5.17. The Bertz CT molecular complexity index is 956. The van der Waals surface area contributed by atoms with Crippen molar-refractivity contribution < 1.29 is 14.8 Å². The molecule has 2 aromatic carbocycles. The van der Waals surface area contributed by atoms with Gasteiger partial charge >= 0.3 is 0 Å². The minimum Gasteiger partial charge on any atom is -0.507 e. The number of nitrogens with zero attached hydrogens (tertiary/aromatic N) is 1. The van der Waals surface area contributed by atoms with Gasteiger partial charge in [-0.25, -0.2) is 0 Å². The molecule has 0 aromatic heterocycles. The fraction of sp³-hybridized carbons (Fsp3) is 0.118. The van der Waals surface area contributed by atoms with Crippen LogP contribution in [0.2, 0.25) is 0 Å². The second kappa shape index (κ2) is 6.50. The molecular formula is C17H12BrClN2O4. The number of phenols is 1. The summed E-state index contributed by atoms with van der Waals surface area (Å²) in [4.78, 5) is 22.9. The zero-order valence-electron chi connectivity index (χ0n) is 13.0. The number of carbonyl (C=O) groups is 1. The minimum absolute atomic E-state index is 0.0863. The Morgan fingerprint density at radius 1 is 1.40 bits per heavy atom. The number of nitrogens with one attached hydrogen (secondary N) is 1. The lowest BCUT2D eigenvalue weighted by atomic mass is 9.98. The first-order chi connectivity index (χ1) is 11.8. The number of nitro benzene ring substituents is 1. The Kier molecular flexibility index (Phi) is 4.53. The van der Waals surface area contributed by atoms with Gasteiger partial charge in [0, 0.05) is 39.0 Å². The van der Waals surface area contributed by atoms with E-state index >= 15 is 0 Å². The molecule has 128 valence electrons. The van der Waals surface area contributed by atoms with Gasteiger partial charge in [-0.15, -0.1) is 11.6 Å². The highest BCUT2D eigenvalue weighted by atomic mass is 79.9. The van der Waals surface area contributed by atoms with Crippen molar-refractivity contribution in [3.63, 3.8) is 0 Å². The fourth-order valence-electron chi connectivity index (χ4n) is 2.75. The van der Waals surface area contributed by atoms with Crippen molar-refractivity contribution >= 4 is 56.5 Å². The summed E-state index contributed by atoms with van der Waals surface area (Å²) >= 11 is 9.19. The summed E-state index contributed by atoms with van der Waals surface area (Å²) < 4.78 is 0.832. The van der Waals surface area contributed by atoms with Gasteiger partial charge < -0.3 is 10.4 Å². The van der Waals surface area contributed by atoms with Crippen LogP contribution in [0.4, 0.5) is 11.4 Å². The number of amides is 1. The molecule has 1 aliphatic heterocycles. The van der Waals surface area contributed by atoms with Crippen LogP contribution in [0, 0.1) is 17.0 Å². The second-order valence-corrected chi connectivity index (χ2v) is 6.66. The van der Waals surface area contributed by atoms with Crippen LogP contribution in [-0.4, -0.2) is 15.9 Å². The molecule has 0 unspecified atom stereocenters. The quantitative estimate of drug-likeness (QED) is 0.326. The lowest BCUT2D eigenvalue weighted by Crippen LogP contribution is -2.03. The van der Waals surface area contributed by atoms with E-state index in [0.717, 1.165) is 10.0 Å². The first kappa shape index (κ1) is 17.4. The third kappa shape index (κ3) is 3.01. The number of non-ortho nitro benzene ring substituents is 1. The molecular weight excluding hydrogens is 412 g/mol. The highest BCUT2D eigenvalue weighted by Gasteiger charge is 2.27. The summed E-state index contributed by atoms with van der Waals surface area (Å²) in [6, 6.07) is 6.03. The largest absolute Gasteiger partial charge is 0.507 e. The molecule has 25 heavy (non-hydrogen) atoms. The average Bonchev–Trinajstić information content (AvgIpc) is 2.89. The standard InChI is InChI=1S/C17H12BrClN2O4/c1-8-13(18)2-3-14-15(8)12(17(23)20-14)6-9-4-11(21(24)25)5-10(7-19)16(9)22/h2-6,22H,7H2,1H3,(H,20,23). The number of hydrogen-bond acceptors (Lipinski definition) is 4. The van der Waals surface area contributed by atoms with Crippen molar-refractivity contribution in [3.8, 4) is 5.75 Å². The maximum atomic E-state index is 12.3. The highest BCUT2D eigenvalue weighted by molar-refractivity contribution is 9.10. The van der Waals surface area contributed by atoms with Crippen molar-refractivity contribution in [2.75, 3.05) is 5.32 Å². The lowest BCUT2D eigenvalue weighted by Gasteiger charge is -2.08. The van der Waals surface area contributed by atoms with Gasteiger partial charge in [0.05, 0.1) is 16.4 Å². The van der Waals surface area contributed by atoms with Crippen LogP contribution >= 0.6 is 27.5 Å². The van der Waals surface area contributed by atoms with Gasteiger partial charge in [0.15, 0.2) is 0 Å². The first-order valence-electron chi connectivity index (χ1n) is 7.22. The summed E-state index contributed by atoms with van der Waals surface area (Å²) in [5, 5.41) is 24.2. The number of hydrogen-bond donors (Lipinski definition) is 2. The van der Waals surface area contributed by atoms with Gasteiger partial charge in [0.1, 0.15) is 5.75 Å². The first-order valence-corrected chi connectivity index (χ1v) is 8.55. The number of carbonyl (C=O) groups excluding carboxylic acids is 1. The summed E-state index contributed by atoms with van der Waals surface area (Å²) in [6.45, 7) is 1.86. The predicted molar refractivity (Wildman–Crippen MR) is 99.7 cm³/mol. The normalized spacial score (nSPS) is 14.5. The summed E-state index contributed by atoms with van der Waals surface area (Å²) in [5.74, 6) is -0.603. The number of rotatable bonds is 3. The van der Waals surface area contributed by atoms with Crippen molar-refractivity contribution in [1.29, 1.82) is 0 Å². The van der Waals surface area contributed by atoms with E-state index in [-0.39, 0.29) is 34.4 Å². The van der Waals surface area contributed by atoms with E-state index in [1.54, 1.807) is 6.07 Å². The monoisotopic (exact) mass is 422 g/mol. The molecule has 2 aromatic rings. The summed E-state index contributed by atoms with van der Waals surface area (Å²) in [6.07, 6.45) is 1.44. The Morgan fingerprint density at radius 2 is 2.12 bits per heavy atom. The van der Waals surface area contributed by atoms with E-state index < -0.39 is 4.92 Å². The van der Waals surface area contributed by atoms with Crippen LogP contribution in [0.25, 0.3) is 11.6 Å². The fourth-order valence-corrected chi connectivity index (χ4v) is 3.29. The Morgan fingerprint density at radius 3 is 2.76 bits per heavy atom. The second-order valence-electron chi connectivity index (χ2n) is 5.54. The van der Waals surface area contributed by atoms with Crippen LogP contribution < -0.4 is 5.32 Å². The molecule has 0 saturated heterocycles. The van der Waals surface area contributed by atoms with Gasteiger partial charge in [-0.1, -0.05) is 15.9 Å². The predicted octanol–water partition coefficient (Wildman–Crippen LogP) is 4.60. The molecule has 2 N–H and O–H groups in total. The Balaban J connectivity index is 2.24. The lowest BCUT2D eigenvalue weighted by molar-refractivity contribution is -0.384. The van der Waals surface area contributed by atoms with Crippen LogP contribution in [0.5, 0.6) is 5.75 Å². The molecule has 0 bridgehead atoms. The molecule has 0 fully saturated rings. The molecule has 3 rings (SSSR count). The maximum absolute atomic E-state index is 12.3. The smallest absolute Gasteiger partial charge is 0.270 e. The Hall–Kier alpha value is -2.38. The SMILES string of the molecule is Cc1c(Br)ccc2c1C(=Cc1cc([N+](=O)[O-])cc(CCl)c1O)C(=O)N2. The van der Waals surface area contributed by atoms with Crippen molar-refractivity contribution in [2.24, 2.45) is 0 Å². The van der Waals surface area contributed by atoms with E-state index in [1.807, 2.05) is 13.0 Å². The molecule has 1 aliphatic rings. The third-order valence-electron chi connectivity index (χ3n) is 4.02. The molecule has 0 aliphatic carbocycles. The van der Waals surface area contributed by atoms with Gasteiger partial charge in [-0.05, 0) is 30.7 Å². The molecule has 8 heteroatoms. The molecule has 1 heterocycles. The molecule has 0 radical (unpaired) electrons. The summed E-state index contributed by atoms with van der Waals surface area (Å²) in [7, 11) is 0. The van der Waals surface area contributed by atoms with Crippen molar-refractivity contribution in [1.82, 2.24) is 0 Å². The highest BCUT2D eigenvalue weighted by Crippen LogP contribution is 2.40. The van der Waals surface area contributed by atoms with E-state index in [0.29, 0.717) is 16.8 Å². The van der Waals surface area contributed by atoms with Crippen molar-refractivity contribution in [2.45, 2.75) is 12.8 Å². The number of aromatic hydroxyl groups is 1. The molecule has 1 amide bonds. The molecule has 6 nitrogen and oxygen atoms in total. The van der Waals surface area contributed by atoms with E-state index in [1.165, 1.54) is 18.2 Å². The Labute approximate surface area is 156 Å². The molecule has 0 saturated carbocycles. The topological polar surface area (TPSA) is 92.5 Å². The zero-order chi connectivity index (χ0) is 18.3. The van der Waals surface area contributed by atoms with Gasteiger partial charge in [0.25, 0.3) is 11.6 Å². The van der Waals surface area contributed by atoms with Crippen LogP contribution in [0.15, 0.2) is 28.7 Å². The number of fused-ring (bicyclic) bond motifs is 1. The molecule has 0 atom stereocenters. The van der Waals surface area contributed by atoms with Crippen LogP contribution in [0.3, 0.4) is 0 Å². The van der Waals surface area contributed by atoms with E-state index in [9.17, 15) is 20.0 Å². The number of phenolic OH excluding ortho intramolecular Hbond substituents is 1. The number of anilines is 1. The van der Waals surface area contributed by atoms with E-state index in [4.69, 9.17) is 11.6 Å². The van der Waals surface area contributed by atoms with Crippen LogP contribution in [0.1, 0.15) is 22.3 Å². The minimum atomic E-state index is -0.567. The van der Waals surface area contributed by atoms with E-state index in [2.05, 4.69) is 21.2 Å². The number of nitro groups is 1. The number of alkyl halides is 1. The summed E-state index contributed by atoms with van der Waals surface area (Å²) in [5.41, 5.74) is 2.71. The number of benzene rings is 2. The molecule has 0 spiro atoms. The number of halogens is 2.